The van der Waals surface area contributed by atoms with E-state index in [1.807, 2.05) is 18.2 Å². The maximum Gasteiger partial charge on any atom is 0.314 e. The number of carbonyl (C=O) groups is 1. The zero-order valence-electron chi connectivity index (χ0n) is 13.2. The summed E-state index contributed by atoms with van der Waals surface area (Å²) in [7, 11) is 1.73. The minimum absolute atomic E-state index is 0.00574. The van der Waals surface area contributed by atoms with Crippen LogP contribution in [0.2, 0.25) is 0 Å². The van der Waals surface area contributed by atoms with Crippen molar-refractivity contribution >= 4 is 6.03 Å². The number of benzene rings is 1. The number of unbranched alkanes of at least 4 members (excludes halogenated alkanes) is 1. The molecule has 0 aromatic heterocycles. The Kier molecular flexibility index (Phi) is 6.68. The third-order valence-corrected chi connectivity index (χ3v) is 4.20. The van der Waals surface area contributed by atoms with Gasteiger partial charge in [0.05, 0.1) is 12.7 Å². The standard InChI is InChI=1S/C17H26N2O3/c1-21-11-6-5-9-15(14-7-3-2-4-8-14)16-13-19(17(18)20)10-12-22-16/h2-4,7-8,15-16H,5-6,9-13H2,1H3,(H2,18,20). The van der Waals surface area contributed by atoms with Crippen LogP contribution in [0.3, 0.4) is 0 Å². The highest BCUT2D eigenvalue weighted by atomic mass is 16.5. The molecule has 22 heavy (non-hydrogen) atoms. The molecule has 1 heterocycles. The molecule has 0 saturated carbocycles. The second-order valence-corrected chi connectivity index (χ2v) is 5.70. The molecule has 5 heteroatoms. The van der Waals surface area contributed by atoms with Crippen LogP contribution in [0.4, 0.5) is 4.79 Å². The van der Waals surface area contributed by atoms with Crippen molar-refractivity contribution in [1.29, 1.82) is 0 Å². The monoisotopic (exact) mass is 306 g/mol. The first kappa shape index (κ1) is 16.8. The quantitative estimate of drug-likeness (QED) is 0.787. The molecule has 2 amide bonds. The Morgan fingerprint density at radius 2 is 2.18 bits per heavy atom. The SMILES string of the molecule is COCCCCC(c1ccccc1)C1CN(C(N)=O)CCO1. The summed E-state index contributed by atoms with van der Waals surface area (Å²) < 4.78 is 11.1. The van der Waals surface area contributed by atoms with E-state index in [-0.39, 0.29) is 18.1 Å². The average Bonchev–Trinajstić information content (AvgIpc) is 2.56. The number of carbonyl (C=O) groups excluding carboxylic acids is 1. The molecule has 0 aliphatic carbocycles. The molecule has 0 spiro atoms. The zero-order valence-corrected chi connectivity index (χ0v) is 13.2. The van der Waals surface area contributed by atoms with Crippen LogP contribution >= 0.6 is 0 Å². The molecule has 122 valence electrons. The highest BCUT2D eigenvalue weighted by Crippen LogP contribution is 2.29. The molecular formula is C17H26N2O3. The topological polar surface area (TPSA) is 64.8 Å². The highest BCUT2D eigenvalue weighted by molar-refractivity contribution is 5.72. The van der Waals surface area contributed by atoms with Crippen molar-refractivity contribution in [3.8, 4) is 0 Å². The van der Waals surface area contributed by atoms with Gasteiger partial charge in [-0.1, -0.05) is 36.8 Å². The summed E-state index contributed by atoms with van der Waals surface area (Å²) in [5.74, 6) is 0.278. The Balaban J connectivity index is 2.04. The van der Waals surface area contributed by atoms with Gasteiger partial charge in [-0.25, -0.2) is 4.79 Å². The average molecular weight is 306 g/mol. The van der Waals surface area contributed by atoms with Crippen molar-refractivity contribution < 1.29 is 14.3 Å². The molecule has 1 aromatic carbocycles. The van der Waals surface area contributed by atoms with E-state index in [2.05, 4.69) is 12.1 Å². The van der Waals surface area contributed by atoms with Gasteiger partial charge in [-0.05, 0) is 18.4 Å². The van der Waals surface area contributed by atoms with Crippen molar-refractivity contribution in [2.75, 3.05) is 33.4 Å². The maximum absolute atomic E-state index is 11.4. The van der Waals surface area contributed by atoms with E-state index in [1.165, 1.54) is 5.56 Å². The van der Waals surface area contributed by atoms with E-state index in [9.17, 15) is 4.79 Å². The lowest BCUT2D eigenvalue weighted by molar-refractivity contribution is -0.0289. The van der Waals surface area contributed by atoms with Crippen molar-refractivity contribution in [1.82, 2.24) is 4.90 Å². The number of rotatable bonds is 7. The summed E-state index contributed by atoms with van der Waals surface area (Å²) >= 11 is 0. The first-order valence-electron chi connectivity index (χ1n) is 7.92. The van der Waals surface area contributed by atoms with Gasteiger partial charge >= 0.3 is 6.03 Å². The second kappa shape index (κ2) is 8.76. The van der Waals surface area contributed by atoms with Crippen molar-refractivity contribution in [3.63, 3.8) is 0 Å². The molecule has 0 radical (unpaired) electrons. The molecule has 1 saturated heterocycles. The fraction of sp³-hybridized carbons (Fsp3) is 0.588. The van der Waals surface area contributed by atoms with Crippen LogP contribution in [0.1, 0.15) is 30.7 Å². The van der Waals surface area contributed by atoms with Crippen molar-refractivity contribution in [2.24, 2.45) is 5.73 Å². The summed E-state index contributed by atoms with van der Waals surface area (Å²) in [5, 5.41) is 0. The molecule has 0 bridgehead atoms. The van der Waals surface area contributed by atoms with E-state index in [0.717, 1.165) is 25.9 Å². The van der Waals surface area contributed by atoms with Crippen LogP contribution in [-0.2, 0) is 9.47 Å². The van der Waals surface area contributed by atoms with Gasteiger partial charge in [0.15, 0.2) is 0 Å². The lowest BCUT2D eigenvalue weighted by Gasteiger charge is -2.36. The zero-order chi connectivity index (χ0) is 15.8. The van der Waals surface area contributed by atoms with Crippen molar-refractivity contribution in [2.45, 2.75) is 31.3 Å². The number of urea groups is 1. The summed E-state index contributed by atoms with van der Waals surface area (Å²) in [6, 6.07) is 10.0. The first-order chi connectivity index (χ1) is 10.7. The molecule has 2 rings (SSSR count). The Morgan fingerprint density at radius 1 is 1.41 bits per heavy atom. The van der Waals surface area contributed by atoms with Gasteiger partial charge < -0.3 is 20.1 Å². The van der Waals surface area contributed by atoms with E-state index < -0.39 is 0 Å². The second-order valence-electron chi connectivity index (χ2n) is 5.70. The Morgan fingerprint density at radius 3 is 2.86 bits per heavy atom. The van der Waals surface area contributed by atoms with E-state index >= 15 is 0 Å². The third kappa shape index (κ3) is 4.71. The van der Waals surface area contributed by atoms with Crippen LogP contribution in [0.25, 0.3) is 0 Å². The predicted octanol–water partition coefficient (Wildman–Crippen LogP) is 2.37. The van der Waals surface area contributed by atoms with Gasteiger partial charge in [-0.3, -0.25) is 0 Å². The van der Waals surface area contributed by atoms with Crippen LogP contribution in [0.15, 0.2) is 30.3 Å². The molecule has 2 unspecified atom stereocenters. The number of hydrogen-bond acceptors (Lipinski definition) is 3. The van der Waals surface area contributed by atoms with Gasteiger partial charge in [0.1, 0.15) is 0 Å². The lowest BCUT2D eigenvalue weighted by atomic mass is 9.87. The Hall–Kier alpha value is -1.59. The first-order valence-corrected chi connectivity index (χ1v) is 7.92. The number of nitrogens with two attached hydrogens (primary N) is 1. The minimum Gasteiger partial charge on any atom is -0.385 e. The fourth-order valence-electron chi connectivity index (χ4n) is 3.00. The van der Waals surface area contributed by atoms with Crippen LogP contribution in [-0.4, -0.2) is 50.4 Å². The highest BCUT2D eigenvalue weighted by Gasteiger charge is 2.30. The molecule has 1 fully saturated rings. The number of amides is 2. The van der Waals surface area contributed by atoms with Crippen LogP contribution in [0, 0.1) is 0 Å². The fourth-order valence-corrected chi connectivity index (χ4v) is 3.00. The number of methoxy groups -OCH3 is 1. The van der Waals surface area contributed by atoms with Crippen molar-refractivity contribution in [3.05, 3.63) is 35.9 Å². The largest absolute Gasteiger partial charge is 0.385 e. The van der Waals surface area contributed by atoms with E-state index in [4.69, 9.17) is 15.2 Å². The molecule has 1 aromatic rings. The van der Waals surface area contributed by atoms with Gasteiger partial charge in [0.25, 0.3) is 0 Å². The maximum atomic E-state index is 11.4. The van der Waals surface area contributed by atoms with Crippen LogP contribution in [0.5, 0.6) is 0 Å². The molecule has 2 N–H and O–H groups in total. The normalized spacial score (nSPS) is 19.9. The smallest absolute Gasteiger partial charge is 0.314 e. The summed E-state index contributed by atoms with van der Waals surface area (Å²) in [4.78, 5) is 13.1. The van der Waals surface area contributed by atoms with Crippen LogP contribution < -0.4 is 5.73 Å². The summed E-state index contributed by atoms with van der Waals surface area (Å²) in [5.41, 5.74) is 6.68. The van der Waals surface area contributed by atoms with Gasteiger partial charge in [-0.15, -0.1) is 0 Å². The Bertz CT molecular complexity index is 452. The number of hydrogen-bond donors (Lipinski definition) is 1. The van der Waals surface area contributed by atoms with E-state index in [1.54, 1.807) is 12.0 Å². The number of ether oxygens (including phenoxy) is 2. The molecular weight excluding hydrogens is 280 g/mol. The molecule has 2 atom stereocenters. The number of primary amides is 1. The number of morpholine rings is 1. The summed E-state index contributed by atoms with van der Waals surface area (Å²) in [6.07, 6.45) is 3.13. The Labute approximate surface area is 132 Å². The van der Waals surface area contributed by atoms with Gasteiger partial charge in [0, 0.05) is 32.7 Å². The van der Waals surface area contributed by atoms with E-state index in [0.29, 0.717) is 19.7 Å². The molecule has 1 aliphatic heterocycles. The lowest BCUT2D eigenvalue weighted by Crippen LogP contribution is -2.49. The summed E-state index contributed by atoms with van der Waals surface area (Å²) in [6.45, 7) is 2.48. The molecule has 1 aliphatic rings. The van der Waals surface area contributed by atoms with Gasteiger partial charge in [-0.2, -0.15) is 0 Å². The predicted molar refractivity (Wildman–Crippen MR) is 85.8 cm³/mol. The molecule has 5 nitrogen and oxygen atoms in total. The number of nitrogens with zero attached hydrogens (tertiary/aromatic N) is 1. The third-order valence-electron chi connectivity index (χ3n) is 4.20. The minimum atomic E-state index is -0.362. The van der Waals surface area contributed by atoms with Gasteiger partial charge in [0.2, 0.25) is 0 Å².